The third-order valence-electron chi connectivity index (χ3n) is 2.00. The fourth-order valence-electron chi connectivity index (χ4n) is 1.10. The molecule has 0 bridgehead atoms. The van der Waals surface area contributed by atoms with E-state index in [0.717, 1.165) is 11.3 Å². The zero-order valence-corrected chi connectivity index (χ0v) is 9.73. The van der Waals surface area contributed by atoms with Crippen molar-refractivity contribution in [1.82, 2.24) is 15.6 Å². The Morgan fingerprint density at radius 1 is 1.53 bits per heavy atom. The third-order valence-corrected chi connectivity index (χ3v) is 2.00. The normalized spacial score (nSPS) is 9.20. The highest BCUT2D eigenvalue weighted by molar-refractivity contribution is 5.85. The van der Waals surface area contributed by atoms with Gasteiger partial charge in [-0.1, -0.05) is 6.07 Å². The quantitative estimate of drug-likeness (QED) is 0.797. The number of hydrogen-bond donors (Lipinski definition) is 2. The highest BCUT2D eigenvalue weighted by Crippen LogP contribution is 2.01. The molecule has 0 aliphatic rings. The lowest BCUT2D eigenvalue weighted by Gasteiger charge is -2.05. The van der Waals surface area contributed by atoms with E-state index in [9.17, 15) is 4.79 Å². The number of hydrogen-bond acceptors (Lipinski definition) is 3. The van der Waals surface area contributed by atoms with Crippen molar-refractivity contribution in [1.29, 1.82) is 0 Å². The second kappa shape index (κ2) is 7.20. The summed E-state index contributed by atoms with van der Waals surface area (Å²) in [7, 11) is 1.62. The number of halogens is 1. The first-order valence-electron chi connectivity index (χ1n) is 4.56. The Kier molecular flexibility index (Phi) is 6.66. The Balaban J connectivity index is 0.00000196. The summed E-state index contributed by atoms with van der Waals surface area (Å²) in [4.78, 5) is 15.1. The predicted molar refractivity (Wildman–Crippen MR) is 62.0 cm³/mol. The Labute approximate surface area is 95.9 Å². The van der Waals surface area contributed by atoms with Gasteiger partial charge < -0.3 is 10.6 Å². The van der Waals surface area contributed by atoms with Crippen LogP contribution in [0.25, 0.3) is 0 Å². The molecule has 0 saturated carbocycles. The van der Waals surface area contributed by atoms with Crippen molar-refractivity contribution in [2.75, 3.05) is 13.6 Å². The van der Waals surface area contributed by atoms with Gasteiger partial charge in [-0.25, -0.2) is 0 Å². The van der Waals surface area contributed by atoms with Gasteiger partial charge in [-0.3, -0.25) is 9.78 Å². The Morgan fingerprint density at radius 2 is 2.27 bits per heavy atom. The molecule has 1 aromatic rings. The molecule has 4 nitrogen and oxygen atoms in total. The number of amides is 1. The summed E-state index contributed by atoms with van der Waals surface area (Å²) in [5, 5.41) is 5.59. The molecule has 1 aromatic heterocycles. The van der Waals surface area contributed by atoms with Crippen molar-refractivity contribution in [3.63, 3.8) is 0 Å². The second-order valence-corrected chi connectivity index (χ2v) is 3.02. The summed E-state index contributed by atoms with van der Waals surface area (Å²) >= 11 is 0. The van der Waals surface area contributed by atoms with Gasteiger partial charge in [0.15, 0.2) is 0 Å². The van der Waals surface area contributed by atoms with Crippen LogP contribution < -0.4 is 10.6 Å². The molecule has 1 heterocycles. The Morgan fingerprint density at radius 3 is 2.87 bits per heavy atom. The summed E-state index contributed by atoms with van der Waals surface area (Å²) in [5.41, 5.74) is 2.12. The van der Waals surface area contributed by atoms with Crippen LogP contribution in [0.4, 0.5) is 0 Å². The van der Waals surface area contributed by atoms with Gasteiger partial charge in [0.05, 0.1) is 6.54 Å². The maximum absolute atomic E-state index is 10.9. The molecule has 0 aliphatic heterocycles. The molecule has 0 aromatic carbocycles. The van der Waals surface area contributed by atoms with Gasteiger partial charge in [-0.15, -0.1) is 12.4 Å². The average Bonchev–Trinajstić information content (AvgIpc) is 2.20. The van der Waals surface area contributed by atoms with E-state index in [1.165, 1.54) is 0 Å². The fourth-order valence-corrected chi connectivity index (χ4v) is 1.10. The van der Waals surface area contributed by atoms with E-state index >= 15 is 0 Å². The summed E-state index contributed by atoms with van der Waals surface area (Å²) in [6.45, 7) is 2.97. The van der Waals surface area contributed by atoms with E-state index in [0.29, 0.717) is 13.1 Å². The molecule has 1 amide bonds. The van der Waals surface area contributed by atoms with E-state index in [1.54, 1.807) is 13.2 Å². The largest absolute Gasteiger partial charge is 0.358 e. The first-order chi connectivity index (χ1) is 6.74. The molecule has 0 unspecified atom stereocenters. The number of aryl methyl sites for hydroxylation is 1. The molecule has 0 aliphatic carbocycles. The van der Waals surface area contributed by atoms with Crippen molar-refractivity contribution >= 4 is 18.3 Å². The van der Waals surface area contributed by atoms with E-state index in [4.69, 9.17) is 0 Å². The number of carbonyl (C=O) groups excluding carboxylic acids is 1. The van der Waals surface area contributed by atoms with Gasteiger partial charge in [0.25, 0.3) is 0 Å². The van der Waals surface area contributed by atoms with Crippen molar-refractivity contribution in [3.8, 4) is 0 Å². The summed E-state index contributed by atoms with van der Waals surface area (Å²) in [6, 6.07) is 3.89. The number of pyridine rings is 1. The lowest BCUT2D eigenvalue weighted by molar-refractivity contribution is -0.119. The molecule has 5 heteroatoms. The molecule has 15 heavy (non-hydrogen) atoms. The fraction of sp³-hybridized carbons (Fsp3) is 0.400. The summed E-state index contributed by atoms with van der Waals surface area (Å²) in [6.07, 6.45) is 1.76. The highest BCUT2D eigenvalue weighted by Gasteiger charge is 1.99. The van der Waals surface area contributed by atoms with Crippen molar-refractivity contribution in [3.05, 3.63) is 29.6 Å². The summed E-state index contributed by atoms with van der Waals surface area (Å²) in [5.74, 6) is -0.00783. The van der Waals surface area contributed by atoms with Gasteiger partial charge in [-0.05, 0) is 18.6 Å². The Hall–Kier alpha value is -1.13. The minimum Gasteiger partial charge on any atom is -0.358 e. The second-order valence-electron chi connectivity index (χ2n) is 3.02. The van der Waals surface area contributed by atoms with Gasteiger partial charge in [0.2, 0.25) is 5.91 Å². The number of likely N-dealkylation sites (N-methyl/N-ethyl adjacent to an activating group) is 1. The van der Waals surface area contributed by atoms with Crippen LogP contribution in [0.15, 0.2) is 18.3 Å². The minimum atomic E-state index is -0.00783. The SMILES string of the molecule is CNC(=O)CNCc1cccnc1C.Cl. The topological polar surface area (TPSA) is 54.0 Å². The number of nitrogens with one attached hydrogen (secondary N) is 2. The monoisotopic (exact) mass is 229 g/mol. The van der Waals surface area contributed by atoms with E-state index < -0.39 is 0 Å². The third kappa shape index (κ3) is 4.76. The number of carbonyl (C=O) groups is 1. The molecule has 84 valence electrons. The van der Waals surface area contributed by atoms with Crippen LogP contribution in [0.2, 0.25) is 0 Å². The van der Waals surface area contributed by atoms with Crippen LogP contribution >= 0.6 is 12.4 Å². The van der Waals surface area contributed by atoms with E-state index in [2.05, 4.69) is 15.6 Å². The minimum absolute atomic E-state index is 0. The van der Waals surface area contributed by atoms with Crippen molar-refractivity contribution < 1.29 is 4.79 Å². The van der Waals surface area contributed by atoms with Crippen LogP contribution in [0, 0.1) is 6.92 Å². The number of aromatic nitrogens is 1. The lowest BCUT2D eigenvalue weighted by atomic mass is 10.2. The Bertz CT molecular complexity index is 317. The van der Waals surface area contributed by atoms with Crippen molar-refractivity contribution in [2.24, 2.45) is 0 Å². The smallest absolute Gasteiger partial charge is 0.233 e. The summed E-state index contributed by atoms with van der Waals surface area (Å²) < 4.78 is 0. The molecule has 1 rings (SSSR count). The molecule has 0 radical (unpaired) electrons. The predicted octanol–water partition coefficient (Wildman–Crippen LogP) is 0.647. The van der Waals surface area contributed by atoms with Gasteiger partial charge in [0.1, 0.15) is 0 Å². The lowest BCUT2D eigenvalue weighted by Crippen LogP contribution is -2.31. The molecule has 0 fully saturated rings. The molecule has 0 atom stereocenters. The molecular weight excluding hydrogens is 214 g/mol. The molecule has 0 spiro atoms. The molecular formula is C10H16ClN3O. The zero-order valence-electron chi connectivity index (χ0n) is 8.91. The van der Waals surface area contributed by atoms with Crippen LogP contribution in [0.5, 0.6) is 0 Å². The van der Waals surface area contributed by atoms with Gasteiger partial charge >= 0.3 is 0 Å². The standard InChI is InChI=1S/C10H15N3O.ClH/c1-8-9(4-3-5-13-8)6-12-7-10(14)11-2;/h3-5,12H,6-7H2,1-2H3,(H,11,14);1H. The van der Waals surface area contributed by atoms with Crippen LogP contribution in [-0.2, 0) is 11.3 Å². The van der Waals surface area contributed by atoms with Crippen LogP contribution in [-0.4, -0.2) is 24.5 Å². The maximum atomic E-state index is 10.9. The maximum Gasteiger partial charge on any atom is 0.233 e. The van der Waals surface area contributed by atoms with Crippen LogP contribution in [0.1, 0.15) is 11.3 Å². The van der Waals surface area contributed by atoms with Gasteiger partial charge in [-0.2, -0.15) is 0 Å². The first kappa shape index (κ1) is 13.9. The first-order valence-corrected chi connectivity index (χ1v) is 4.56. The van der Waals surface area contributed by atoms with Gasteiger partial charge in [0, 0.05) is 25.5 Å². The zero-order chi connectivity index (χ0) is 10.4. The average molecular weight is 230 g/mol. The van der Waals surface area contributed by atoms with Crippen LogP contribution in [0.3, 0.4) is 0 Å². The van der Waals surface area contributed by atoms with E-state index in [1.807, 2.05) is 19.1 Å². The number of nitrogens with zero attached hydrogens (tertiary/aromatic N) is 1. The highest BCUT2D eigenvalue weighted by atomic mass is 35.5. The molecule has 2 N–H and O–H groups in total. The number of rotatable bonds is 4. The molecule has 0 saturated heterocycles. The van der Waals surface area contributed by atoms with E-state index in [-0.39, 0.29) is 18.3 Å². The van der Waals surface area contributed by atoms with Crippen molar-refractivity contribution in [2.45, 2.75) is 13.5 Å².